The molecule has 0 fully saturated rings. The van der Waals surface area contributed by atoms with E-state index in [1.807, 2.05) is 0 Å². The molecule has 0 aliphatic carbocycles. The van der Waals surface area contributed by atoms with Gasteiger partial charge in [-0.25, -0.2) is 4.39 Å². The lowest BCUT2D eigenvalue weighted by Crippen LogP contribution is -2.13. The monoisotopic (exact) mass is 244 g/mol. The van der Waals surface area contributed by atoms with Gasteiger partial charge in [0.15, 0.2) is 0 Å². The summed E-state index contributed by atoms with van der Waals surface area (Å²) in [5.41, 5.74) is -1.73. The summed E-state index contributed by atoms with van der Waals surface area (Å²) in [5, 5.41) is 0. The van der Waals surface area contributed by atoms with Gasteiger partial charge >= 0.3 is 6.18 Å². The maximum absolute atomic E-state index is 12.5. The first kappa shape index (κ1) is 11.9. The fourth-order valence-electron chi connectivity index (χ4n) is 0.949. The summed E-state index contributed by atoms with van der Waals surface area (Å²) in [7, 11) is -5.02. The van der Waals surface area contributed by atoms with Gasteiger partial charge in [0.25, 0.3) is 10.1 Å². The van der Waals surface area contributed by atoms with Gasteiger partial charge in [0.1, 0.15) is 10.7 Å². The quantitative estimate of drug-likeness (QED) is 0.608. The van der Waals surface area contributed by atoms with E-state index in [1.165, 1.54) is 0 Å². The van der Waals surface area contributed by atoms with Crippen LogP contribution < -0.4 is 0 Å². The number of alkyl halides is 3. The molecule has 8 heteroatoms. The van der Waals surface area contributed by atoms with Gasteiger partial charge in [-0.15, -0.1) is 0 Å². The molecule has 0 unspecified atom stereocenters. The summed E-state index contributed by atoms with van der Waals surface area (Å²) in [5.74, 6) is -1.24. The van der Waals surface area contributed by atoms with Crippen molar-refractivity contribution >= 4 is 10.1 Å². The normalized spacial score (nSPS) is 12.9. The molecule has 0 atom stereocenters. The lowest BCUT2D eigenvalue weighted by Gasteiger charge is -2.10. The molecule has 15 heavy (non-hydrogen) atoms. The number of hydrogen-bond donors (Lipinski definition) is 1. The SMILES string of the molecule is O=S(=O)(O)c1ccc(F)cc1C(F)(F)F. The van der Waals surface area contributed by atoms with Crippen molar-refractivity contribution in [2.24, 2.45) is 0 Å². The average Bonchev–Trinajstić information content (AvgIpc) is 2.00. The van der Waals surface area contributed by atoms with Gasteiger partial charge in [0.2, 0.25) is 0 Å². The highest BCUT2D eigenvalue weighted by Gasteiger charge is 2.37. The molecule has 0 amide bonds. The van der Waals surface area contributed by atoms with Crippen molar-refractivity contribution in [3.05, 3.63) is 29.6 Å². The minimum Gasteiger partial charge on any atom is -0.282 e. The predicted molar refractivity (Wildman–Crippen MR) is 41.2 cm³/mol. The van der Waals surface area contributed by atoms with E-state index in [0.29, 0.717) is 12.1 Å². The Morgan fingerprint density at radius 3 is 2.13 bits per heavy atom. The number of benzene rings is 1. The standard InChI is InChI=1S/C7H4F4O3S/c8-4-1-2-6(15(12,13)14)5(3-4)7(9,10)11/h1-3H,(H,12,13,14). The van der Waals surface area contributed by atoms with Crippen LogP contribution in [0.15, 0.2) is 23.1 Å². The molecule has 84 valence electrons. The Kier molecular flexibility index (Phi) is 2.75. The zero-order valence-electron chi connectivity index (χ0n) is 6.92. The first-order chi connectivity index (χ1) is 6.62. The summed E-state index contributed by atoms with van der Waals surface area (Å²) in [6.07, 6.45) is -5.05. The van der Waals surface area contributed by atoms with Gasteiger partial charge in [-0.2, -0.15) is 21.6 Å². The lowest BCUT2D eigenvalue weighted by molar-refractivity contribution is -0.140. The fourth-order valence-corrected chi connectivity index (χ4v) is 1.64. The molecule has 1 aromatic carbocycles. The zero-order chi connectivity index (χ0) is 11.9. The van der Waals surface area contributed by atoms with Crippen LogP contribution in [0.4, 0.5) is 17.6 Å². The van der Waals surface area contributed by atoms with Crippen LogP contribution in [-0.2, 0) is 16.3 Å². The highest BCUT2D eigenvalue weighted by Crippen LogP contribution is 2.34. The molecular weight excluding hydrogens is 240 g/mol. The van der Waals surface area contributed by atoms with Crippen molar-refractivity contribution in [1.29, 1.82) is 0 Å². The van der Waals surface area contributed by atoms with E-state index >= 15 is 0 Å². The molecule has 0 aliphatic heterocycles. The smallest absolute Gasteiger partial charge is 0.282 e. The molecular formula is C7H4F4O3S. The van der Waals surface area contributed by atoms with Crippen LogP contribution in [0, 0.1) is 5.82 Å². The third kappa shape index (κ3) is 2.66. The van der Waals surface area contributed by atoms with Crippen molar-refractivity contribution in [1.82, 2.24) is 0 Å². The van der Waals surface area contributed by atoms with E-state index < -0.39 is 32.6 Å². The minimum atomic E-state index is -5.05. The van der Waals surface area contributed by atoms with Crippen molar-refractivity contribution in [2.45, 2.75) is 11.1 Å². The second kappa shape index (κ2) is 3.46. The van der Waals surface area contributed by atoms with E-state index in [-0.39, 0.29) is 6.07 Å². The van der Waals surface area contributed by atoms with Crippen LogP contribution >= 0.6 is 0 Å². The van der Waals surface area contributed by atoms with Crippen LogP contribution in [0.3, 0.4) is 0 Å². The summed E-state index contributed by atoms with van der Waals surface area (Å²) >= 11 is 0. The van der Waals surface area contributed by atoms with E-state index in [9.17, 15) is 26.0 Å². The summed E-state index contributed by atoms with van der Waals surface area (Å²) in [4.78, 5) is -1.36. The van der Waals surface area contributed by atoms with Gasteiger partial charge in [0.05, 0.1) is 5.56 Å². The van der Waals surface area contributed by atoms with Crippen molar-refractivity contribution in [2.75, 3.05) is 0 Å². The fraction of sp³-hybridized carbons (Fsp3) is 0.143. The highest BCUT2D eigenvalue weighted by atomic mass is 32.2. The average molecular weight is 244 g/mol. The third-order valence-electron chi connectivity index (χ3n) is 1.52. The van der Waals surface area contributed by atoms with Crippen LogP contribution in [0.25, 0.3) is 0 Å². The Morgan fingerprint density at radius 2 is 1.73 bits per heavy atom. The first-order valence-corrected chi connectivity index (χ1v) is 4.90. The first-order valence-electron chi connectivity index (χ1n) is 3.46. The zero-order valence-corrected chi connectivity index (χ0v) is 7.73. The third-order valence-corrected chi connectivity index (χ3v) is 2.44. The summed E-state index contributed by atoms with van der Waals surface area (Å²) < 4.78 is 78.7. The molecule has 0 saturated heterocycles. The van der Waals surface area contributed by atoms with Crippen LogP contribution in [0.1, 0.15) is 5.56 Å². The van der Waals surface area contributed by atoms with Crippen molar-refractivity contribution in [3.8, 4) is 0 Å². The molecule has 1 rings (SSSR count). The van der Waals surface area contributed by atoms with Gasteiger partial charge in [-0.3, -0.25) is 4.55 Å². The Morgan fingerprint density at radius 1 is 1.20 bits per heavy atom. The van der Waals surface area contributed by atoms with Gasteiger partial charge in [0, 0.05) is 0 Å². The molecule has 0 spiro atoms. The highest BCUT2D eigenvalue weighted by molar-refractivity contribution is 7.85. The molecule has 0 saturated carbocycles. The van der Waals surface area contributed by atoms with E-state index in [1.54, 1.807) is 0 Å². The van der Waals surface area contributed by atoms with Crippen molar-refractivity contribution in [3.63, 3.8) is 0 Å². The summed E-state index contributed by atoms with van der Waals surface area (Å²) in [6.45, 7) is 0. The van der Waals surface area contributed by atoms with Gasteiger partial charge < -0.3 is 0 Å². The molecule has 0 aromatic heterocycles. The molecule has 0 radical (unpaired) electrons. The molecule has 1 aromatic rings. The molecule has 0 bridgehead atoms. The Balaban J connectivity index is 3.55. The largest absolute Gasteiger partial charge is 0.417 e. The van der Waals surface area contributed by atoms with Crippen LogP contribution in [-0.4, -0.2) is 13.0 Å². The van der Waals surface area contributed by atoms with Crippen LogP contribution in [0.5, 0.6) is 0 Å². The van der Waals surface area contributed by atoms with Crippen molar-refractivity contribution < 1.29 is 30.5 Å². The Bertz CT molecular complexity index is 477. The second-order valence-corrected chi connectivity index (χ2v) is 4.00. The number of rotatable bonds is 1. The molecule has 1 N–H and O–H groups in total. The maximum Gasteiger partial charge on any atom is 0.417 e. The Labute approximate surface area is 82.1 Å². The maximum atomic E-state index is 12.5. The molecule has 0 heterocycles. The Hall–Kier alpha value is -1.15. The minimum absolute atomic E-state index is 0.00308. The van der Waals surface area contributed by atoms with Gasteiger partial charge in [-0.1, -0.05) is 0 Å². The predicted octanol–water partition coefficient (Wildman–Crippen LogP) is 2.09. The second-order valence-electron chi connectivity index (χ2n) is 2.61. The lowest BCUT2D eigenvalue weighted by atomic mass is 10.2. The summed E-state index contributed by atoms with van der Waals surface area (Å²) in [6, 6.07) is 0.870. The van der Waals surface area contributed by atoms with E-state index in [4.69, 9.17) is 4.55 Å². The van der Waals surface area contributed by atoms with E-state index in [2.05, 4.69) is 0 Å². The number of hydrogen-bond acceptors (Lipinski definition) is 2. The topological polar surface area (TPSA) is 54.4 Å². The number of halogens is 4. The molecule has 3 nitrogen and oxygen atoms in total. The molecule has 0 aliphatic rings. The van der Waals surface area contributed by atoms with E-state index in [0.717, 1.165) is 0 Å². The van der Waals surface area contributed by atoms with Gasteiger partial charge in [-0.05, 0) is 18.2 Å². The van der Waals surface area contributed by atoms with Crippen LogP contribution in [0.2, 0.25) is 0 Å².